The number of aliphatic imine (C=N–C) groups is 1. The molecule has 1 N–H and O–H groups in total. The van der Waals surface area contributed by atoms with E-state index in [0.717, 1.165) is 51.0 Å². The molecule has 2 aliphatic heterocycles. The molecule has 26 heavy (non-hydrogen) atoms. The molecule has 136 valence electrons. The third-order valence-corrected chi connectivity index (χ3v) is 4.97. The highest BCUT2D eigenvalue weighted by Crippen LogP contribution is 2.27. The predicted octanol–water partition coefficient (Wildman–Crippen LogP) is 2.06. The van der Waals surface area contributed by atoms with E-state index < -0.39 is 0 Å². The van der Waals surface area contributed by atoms with Crippen LogP contribution in [0.3, 0.4) is 0 Å². The average molecular weight is 351 g/mol. The van der Waals surface area contributed by atoms with Crippen molar-refractivity contribution in [3.63, 3.8) is 0 Å². The van der Waals surface area contributed by atoms with Crippen molar-refractivity contribution < 1.29 is 4.74 Å². The normalized spacial score (nSPS) is 17.3. The Labute approximate surface area is 154 Å². The van der Waals surface area contributed by atoms with Crippen LogP contribution in [-0.2, 0) is 17.7 Å². The molecule has 3 heterocycles. The first-order valence-corrected chi connectivity index (χ1v) is 9.19. The molecule has 0 amide bonds. The number of para-hydroxylation sites is 1. The highest BCUT2D eigenvalue weighted by atomic mass is 16.5. The number of nitrogens with one attached hydrogen (secondary N) is 1. The Morgan fingerprint density at radius 2 is 2.00 bits per heavy atom. The fraction of sp³-hybridized carbons (Fsp3) is 0.400. The molecule has 2 aromatic rings. The van der Waals surface area contributed by atoms with Crippen molar-refractivity contribution in [3.05, 3.63) is 53.7 Å². The Morgan fingerprint density at radius 3 is 2.85 bits per heavy atom. The fourth-order valence-corrected chi connectivity index (χ4v) is 3.66. The molecule has 2 aliphatic rings. The molecule has 0 unspecified atom stereocenters. The van der Waals surface area contributed by atoms with Gasteiger partial charge in [-0.15, -0.1) is 0 Å². The van der Waals surface area contributed by atoms with Gasteiger partial charge in [-0.3, -0.25) is 4.99 Å². The fourth-order valence-electron chi connectivity index (χ4n) is 3.66. The second-order valence-electron chi connectivity index (χ2n) is 6.52. The number of pyridine rings is 1. The van der Waals surface area contributed by atoms with Gasteiger partial charge in [0.05, 0.1) is 13.2 Å². The van der Waals surface area contributed by atoms with Crippen molar-refractivity contribution >= 4 is 17.5 Å². The van der Waals surface area contributed by atoms with E-state index in [9.17, 15) is 0 Å². The van der Waals surface area contributed by atoms with Gasteiger partial charge in [0.25, 0.3) is 0 Å². The minimum Gasteiger partial charge on any atom is -0.378 e. The number of nitrogens with zero attached hydrogens (tertiary/aromatic N) is 4. The van der Waals surface area contributed by atoms with Crippen LogP contribution in [-0.4, -0.2) is 50.8 Å². The molecule has 0 radical (unpaired) electrons. The number of ether oxygens (including phenoxy) is 1. The van der Waals surface area contributed by atoms with E-state index in [1.54, 1.807) is 0 Å². The number of rotatable bonds is 3. The van der Waals surface area contributed by atoms with E-state index >= 15 is 0 Å². The molecule has 4 rings (SSSR count). The zero-order chi connectivity index (χ0) is 17.8. The largest absolute Gasteiger partial charge is 0.378 e. The number of hydrogen-bond acceptors (Lipinski definition) is 4. The summed E-state index contributed by atoms with van der Waals surface area (Å²) in [7, 11) is 1.84. The van der Waals surface area contributed by atoms with Crippen molar-refractivity contribution in [2.45, 2.75) is 13.0 Å². The van der Waals surface area contributed by atoms with Gasteiger partial charge in [0.15, 0.2) is 5.96 Å². The number of hydrogen-bond donors (Lipinski definition) is 1. The smallest absolute Gasteiger partial charge is 0.198 e. The maximum absolute atomic E-state index is 5.47. The standard InChI is InChI=1S/C20H25N5O/c1-21-20(25-10-8-16-5-2-3-7-18(16)25)23-15-17-6-4-9-22-19(17)24-11-13-26-14-12-24/h2-7,9H,8,10-15H2,1H3,(H,21,23). The van der Waals surface area contributed by atoms with Gasteiger partial charge in [0.2, 0.25) is 0 Å². The van der Waals surface area contributed by atoms with Crippen LogP contribution >= 0.6 is 0 Å². The Bertz CT molecular complexity index is 785. The Kier molecular flexibility index (Phi) is 5.02. The summed E-state index contributed by atoms with van der Waals surface area (Å²) in [6.45, 7) is 4.95. The van der Waals surface area contributed by atoms with E-state index in [2.05, 4.69) is 55.4 Å². The van der Waals surface area contributed by atoms with E-state index in [-0.39, 0.29) is 0 Å². The van der Waals surface area contributed by atoms with Crippen LogP contribution in [0.1, 0.15) is 11.1 Å². The van der Waals surface area contributed by atoms with Crippen molar-refractivity contribution in [1.82, 2.24) is 10.3 Å². The lowest BCUT2D eigenvalue weighted by atomic mass is 10.2. The minimum atomic E-state index is 0.700. The van der Waals surface area contributed by atoms with Gasteiger partial charge in [-0.1, -0.05) is 24.3 Å². The lowest BCUT2D eigenvalue weighted by Gasteiger charge is -2.30. The summed E-state index contributed by atoms with van der Waals surface area (Å²) in [4.78, 5) is 13.7. The zero-order valence-electron chi connectivity index (χ0n) is 15.2. The lowest BCUT2D eigenvalue weighted by molar-refractivity contribution is 0.122. The van der Waals surface area contributed by atoms with Gasteiger partial charge in [-0.05, 0) is 24.1 Å². The number of anilines is 2. The van der Waals surface area contributed by atoms with Gasteiger partial charge in [-0.25, -0.2) is 4.98 Å². The van der Waals surface area contributed by atoms with Gasteiger partial charge in [-0.2, -0.15) is 0 Å². The van der Waals surface area contributed by atoms with Gasteiger partial charge >= 0.3 is 0 Å². The summed E-state index contributed by atoms with van der Waals surface area (Å²) < 4.78 is 5.47. The topological polar surface area (TPSA) is 53.0 Å². The van der Waals surface area contributed by atoms with Crippen LogP contribution in [0.25, 0.3) is 0 Å². The van der Waals surface area contributed by atoms with Crippen molar-refractivity contribution in [3.8, 4) is 0 Å². The maximum Gasteiger partial charge on any atom is 0.198 e. The summed E-state index contributed by atoms with van der Waals surface area (Å²) in [6.07, 6.45) is 2.92. The third kappa shape index (κ3) is 3.37. The molecule has 0 aliphatic carbocycles. The SMILES string of the molecule is CN=C(NCc1cccnc1N1CCOCC1)N1CCc2ccccc21. The first kappa shape index (κ1) is 16.8. The first-order chi connectivity index (χ1) is 12.9. The van der Waals surface area contributed by atoms with E-state index in [1.807, 2.05) is 19.3 Å². The molecule has 6 heteroatoms. The zero-order valence-corrected chi connectivity index (χ0v) is 15.2. The quantitative estimate of drug-likeness (QED) is 0.678. The summed E-state index contributed by atoms with van der Waals surface area (Å²) in [6, 6.07) is 12.7. The first-order valence-electron chi connectivity index (χ1n) is 9.19. The second kappa shape index (κ2) is 7.74. The number of morpholine rings is 1. The lowest BCUT2D eigenvalue weighted by Crippen LogP contribution is -2.41. The highest BCUT2D eigenvalue weighted by Gasteiger charge is 2.23. The van der Waals surface area contributed by atoms with Crippen molar-refractivity contribution in [1.29, 1.82) is 0 Å². The van der Waals surface area contributed by atoms with E-state index in [1.165, 1.54) is 16.8 Å². The summed E-state index contributed by atoms with van der Waals surface area (Å²) in [5.74, 6) is 1.95. The minimum absolute atomic E-state index is 0.700. The van der Waals surface area contributed by atoms with Crippen molar-refractivity contribution in [2.75, 3.05) is 49.7 Å². The van der Waals surface area contributed by atoms with E-state index in [4.69, 9.17) is 4.74 Å². The molecule has 1 aromatic carbocycles. The molecule has 1 aromatic heterocycles. The number of aromatic nitrogens is 1. The predicted molar refractivity (Wildman–Crippen MR) is 105 cm³/mol. The second-order valence-corrected chi connectivity index (χ2v) is 6.52. The maximum atomic E-state index is 5.47. The summed E-state index contributed by atoms with van der Waals surface area (Å²) >= 11 is 0. The average Bonchev–Trinajstić information content (AvgIpc) is 3.14. The molecule has 0 atom stereocenters. The van der Waals surface area contributed by atoms with Crippen LogP contribution in [0.15, 0.2) is 47.6 Å². The highest BCUT2D eigenvalue weighted by molar-refractivity contribution is 5.97. The molecule has 0 spiro atoms. The molecule has 1 fully saturated rings. The molecule has 0 bridgehead atoms. The number of benzene rings is 1. The molecule has 0 saturated carbocycles. The van der Waals surface area contributed by atoms with Crippen LogP contribution in [0.2, 0.25) is 0 Å². The van der Waals surface area contributed by atoms with Crippen LogP contribution < -0.4 is 15.1 Å². The van der Waals surface area contributed by atoms with Gasteiger partial charge in [0.1, 0.15) is 5.82 Å². The van der Waals surface area contributed by atoms with Gasteiger partial charge < -0.3 is 19.9 Å². The summed E-state index contributed by atoms with van der Waals surface area (Å²) in [5.41, 5.74) is 3.81. The number of fused-ring (bicyclic) bond motifs is 1. The molecule has 6 nitrogen and oxygen atoms in total. The third-order valence-electron chi connectivity index (χ3n) is 4.97. The monoisotopic (exact) mass is 351 g/mol. The van der Waals surface area contributed by atoms with E-state index in [0.29, 0.717) is 6.54 Å². The van der Waals surface area contributed by atoms with Crippen LogP contribution in [0.5, 0.6) is 0 Å². The molecular formula is C20H25N5O. The Hall–Kier alpha value is -2.60. The molecule has 1 saturated heterocycles. The number of guanidine groups is 1. The molecular weight excluding hydrogens is 326 g/mol. The summed E-state index contributed by atoms with van der Waals surface area (Å²) in [5, 5.41) is 3.53. The van der Waals surface area contributed by atoms with Crippen LogP contribution in [0.4, 0.5) is 11.5 Å². The Balaban J connectivity index is 1.49. The van der Waals surface area contributed by atoms with Crippen molar-refractivity contribution in [2.24, 2.45) is 4.99 Å². The Morgan fingerprint density at radius 1 is 1.15 bits per heavy atom. The van der Waals surface area contributed by atoms with Crippen LogP contribution in [0, 0.1) is 0 Å². The van der Waals surface area contributed by atoms with Gasteiger partial charge in [0, 0.05) is 50.7 Å².